The number of rotatable bonds is 2. The Kier molecular flexibility index (Phi) is 3.51. The monoisotopic (exact) mass is 292 g/mol. The van der Waals surface area contributed by atoms with Crippen LogP contribution in [0, 0.1) is 6.92 Å². The highest BCUT2D eigenvalue weighted by molar-refractivity contribution is 6.20. The van der Waals surface area contributed by atoms with Crippen LogP contribution >= 0.6 is 11.6 Å². The number of halogens is 1. The van der Waals surface area contributed by atoms with Gasteiger partial charge in [0.15, 0.2) is 0 Å². The third-order valence-corrected chi connectivity index (χ3v) is 4.50. The molecule has 1 fully saturated rings. The van der Waals surface area contributed by atoms with E-state index in [-0.39, 0.29) is 10.9 Å². The highest BCUT2D eigenvalue weighted by Crippen LogP contribution is 2.36. The maximum Gasteiger partial charge on any atom is 0.128 e. The van der Waals surface area contributed by atoms with Gasteiger partial charge in [-0.25, -0.2) is 4.98 Å². The zero-order chi connectivity index (χ0) is 14.3. The van der Waals surface area contributed by atoms with E-state index in [1.807, 2.05) is 6.92 Å². The van der Waals surface area contributed by atoms with Crippen molar-refractivity contribution in [2.75, 3.05) is 13.2 Å². The van der Waals surface area contributed by atoms with Crippen LogP contribution in [0.15, 0.2) is 18.2 Å². The number of imidazole rings is 1. The molecule has 3 nitrogen and oxygen atoms in total. The summed E-state index contributed by atoms with van der Waals surface area (Å²) >= 11 is 6.39. The van der Waals surface area contributed by atoms with E-state index in [1.54, 1.807) is 0 Å². The first-order chi connectivity index (χ1) is 9.51. The first-order valence-corrected chi connectivity index (χ1v) is 7.66. The number of nitrogens with zero attached hydrogens (tertiary/aromatic N) is 2. The first-order valence-electron chi connectivity index (χ1n) is 7.22. The standard InChI is InChI=1S/C16H21ClN2O/c1-11-4-5-13-14(10-11)19(15(18-13)12(2)17)16(3)6-8-20-9-7-16/h4-5,10,12H,6-9H2,1-3H3. The molecule has 2 heterocycles. The predicted octanol–water partition coefficient (Wildman–Crippen LogP) is 4.17. The van der Waals surface area contributed by atoms with E-state index >= 15 is 0 Å². The Morgan fingerprint density at radius 2 is 2.05 bits per heavy atom. The molecule has 1 unspecified atom stereocenters. The molecule has 20 heavy (non-hydrogen) atoms. The Balaban J connectivity index is 2.25. The molecule has 2 aromatic rings. The fraction of sp³-hybridized carbons (Fsp3) is 0.562. The summed E-state index contributed by atoms with van der Waals surface area (Å²) in [6.07, 6.45) is 2.01. The van der Waals surface area contributed by atoms with E-state index in [0.717, 1.165) is 37.4 Å². The van der Waals surface area contributed by atoms with Gasteiger partial charge in [-0.05, 0) is 51.3 Å². The minimum absolute atomic E-state index is 0.0409. The molecule has 1 aliphatic rings. The van der Waals surface area contributed by atoms with Gasteiger partial charge in [-0.1, -0.05) is 6.07 Å². The molecule has 0 spiro atoms. The Morgan fingerprint density at radius 3 is 2.70 bits per heavy atom. The summed E-state index contributed by atoms with van der Waals surface area (Å²) in [7, 11) is 0. The van der Waals surface area contributed by atoms with Crippen molar-refractivity contribution in [3.05, 3.63) is 29.6 Å². The largest absolute Gasteiger partial charge is 0.381 e. The van der Waals surface area contributed by atoms with Crippen molar-refractivity contribution in [1.29, 1.82) is 0 Å². The Labute approximate surface area is 124 Å². The average Bonchev–Trinajstić information content (AvgIpc) is 2.79. The van der Waals surface area contributed by atoms with Crippen LogP contribution in [0.25, 0.3) is 11.0 Å². The third-order valence-electron chi connectivity index (χ3n) is 4.30. The van der Waals surface area contributed by atoms with Crippen LogP contribution in [0.3, 0.4) is 0 Å². The van der Waals surface area contributed by atoms with Crippen LogP contribution in [-0.2, 0) is 10.3 Å². The summed E-state index contributed by atoms with van der Waals surface area (Å²) in [5, 5.41) is -0.0950. The zero-order valence-corrected chi connectivity index (χ0v) is 13.1. The quantitative estimate of drug-likeness (QED) is 0.777. The Hall–Kier alpha value is -1.06. The second kappa shape index (κ2) is 5.05. The molecule has 1 saturated heterocycles. The van der Waals surface area contributed by atoms with Gasteiger partial charge in [0.25, 0.3) is 0 Å². The minimum atomic E-state index is -0.0950. The van der Waals surface area contributed by atoms with Crippen LogP contribution in [0.5, 0.6) is 0 Å². The van der Waals surface area contributed by atoms with Crippen molar-refractivity contribution in [1.82, 2.24) is 9.55 Å². The smallest absolute Gasteiger partial charge is 0.128 e. The summed E-state index contributed by atoms with van der Waals surface area (Å²) in [5.41, 5.74) is 3.52. The Bertz CT molecular complexity index is 627. The second-order valence-corrected chi connectivity index (χ2v) is 6.68. The molecule has 0 amide bonds. The lowest BCUT2D eigenvalue weighted by Crippen LogP contribution is -2.37. The van der Waals surface area contributed by atoms with Crippen LogP contribution in [0.2, 0.25) is 0 Å². The second-order valence-electron chi connectivity index (χ2n) is 6.02. The molecule has 1 aliphatic heterocycles. The van der Waals surface area contributed by atoms with Crippen LogP contribution in [-0.4, -0.2) is 22.8 Å². The first kappa shape index (κ1) is 13.9. The molecule has 1 aromatic carbocycles. The molecule has 0 N–H and O–H groups in total. The normalized spacial score (nSPS) is 20.2. The minimum Gasteiger partial charge on any atom is -0.381 e. The highest BCUT2D eigenvalue weighted by atomic mass is 35.5. The lowest BCUT2D eigenvalue weighted by molar-refractivity contribution is 0.0300. The van der Waals surface area contributed by atoms with Gasteiger partial charge >= 0.3 is 0 Å². The van der Waals surface area contributed by atoms with Gasteiger partial charge in [-0.3, -0.25) is 0 Å². The van der Waals surface area contributed by atoms with Gasteiger partial charge < -0.3 is 9.30 Å². The molecule has 0 radical (unpaired) electrons. The molecule has 3 rings (SSSR count). The average molecular weight is 293 g/mol. The van der Waals surface area contributed by atoms with Crippen molar-refractivity contribution < 1.29 is 4.74 Å². The molecule has 0 bridgehead atoms. The molecule has 0 aliphatic carbocycles. The molecule has 0 saturated carbocycles. The van der Waals surface area contributed by atoms with Crippen molar-refractivity contribution in [3.63, 3.8) is 0 Å². The molecule has 1 atom stereocenters. The number of benzene rings is 1. The maximum absolute atomic E-state index is 6.39. The van der Waals surface area contributed by atoms with Gasteiger partial charge in [-0.2, -0.15) is 0 Å². The van der Waals surface area contributed by atoms with Gasteiger partial charge in [0.05, 0.1) is 16.4 Å². The molecule has 4 heteroatoms. The van der Waals surface area contributed by atoms with Gasteiger partial charge in [0.2, 0.25) is 0 Å². The summed E-state index contributed by atoms with van der Waals surface area (Å²) in [4.78, 5) is 4.76. The molecular weight excluding hydrogens is 272 g/mol. The summed E-state index contributed by atoms with van der Waals surface area (Å²) in [5.74, 6) is 0.969. The fourth-order valence-corrected chi connectivity index (χ4v) is 3.22. The maximum atomic E-state index is 6.39. The number of aryl methyl sites for hydroxylation is 1. The highest BCUT2D eigenvalue weighted by Gasteiger charge is 2.33. The van der Waals surface area contributed by atoms with Crippen LogP contribution in [0.4, 0.5) is 0 Å². The number of aromatic nitrogens is 2. The lowest BCUT2D eigenvalue weighted by Gasteiger charge is -2.37. The van der Waals surface area contributed by atoms with Gasteiger partial charge in [-0.15, -0.1) is 11.6 Å². The van der Waals surface area contributed by atoms with Crippen LogP contribution < -0.4 is 0 Å². The topological polar surface area (TPSA) is 27.1 Å². The number of hydrogen-bond acceptors (Lipinski definition) is 2. The van der Waals surface area contributed by atoms with E-state index in [0.29, 0.717) is 0 Å². The fourth-order valence-electron chi connectivity index (χ4n) is 3.07. The summed E-state index contributed by atoms with van der Waals surface area (Å²) < 4.78 is 7.89. The van der Waals surface area contributed by atoms with E-state index in [9.17, 15) is 0 Å². The predicted molar refractivity (Wildman–Crippen MR) is 82.4 cm³/mol. The summed E-state index contributed by atoms with van der Waals surface area (Å²) in [6.45, 7) is 8.01. The lowest BCUT2D eigenvalue weighted by atomic mass is 9.91. The van der Waals surface area contributed by atoms with E-state index in [4.69, 9.17) is 21.3 Å². The summed E-state index contributed by atoms with van der Waals surface area (Å²) in [6, 6.07) is 6.41. The van der Waals surface area contributed by atoms with Crippen molar-refractivity contribution in [2.45, 2.75) is 44.5 Å². The third kappa shape index (κ3) is 2.23. The molecule has 1 aromatic heterocycles. The molecular formula is C16H21ClN2O. The van der Waals surface area contributed by atoms with Crippen molar-refractivity contribution >= 4 is 22.6 Å². The van der Waals surface area contributed by atoms with Crippen molar-refractivity contribution in [3.8, 4) is 0 Å². The van der Waals surface area contributed by atoms with Crippen molar-refractivity contribution in [2.24, 2.45) is 0 Å². The van der Waals surface area contributed by atoms with Gasteiger partial charge in [0.1, 0.15) is 5.82 Å². The molecule has 108 valence electrons. The SMILES string of the molecule is Cc1ccc2nc(C(C)Cl)n(C3(C)CCOCC3)c2c1. The number of hydrogen-bond donors (Lipinski definition) is 0. The number of alkyl halides is 1. The number of ether oxygens (including phenoxy) is 1. The van der Waals surface area contributed by atoms with Gasteiger partial charge in [0, 0.05) is 18.8 Å². The van der Waals surface area contributed by atoms with E-state index in [1.165, 1.54) is 11.1 Å². The number of fused-ring (bicyclic) bond motifs is 1. The van der Waals surface area contributed by atoms with Crippen LogP contribution in [0.1, 0.15) is 43.5 Å². The van der Waals surface area contributed by atoms with E-state index < -0.39 is 0 Å². The van der Waals surface area contributed by atoms with E-state index in [2.05, 4.69) is 36.6 Å². The zero-order valence-electron chi connectivity index (χ0n) is 12.3. The Morgan fingerprint density at radius 1 is 1.35 bits per heavy atom.